The van der Waals surface area contributed by atoms with E-state index in [9.17, 15) is 9.59 Å². The molecule has 12 heteroatoms. The van der Waals surface area contributed by atoms with E-state index in [4.69, 9.17) is 51.6 Å². The first-order valence-corrected chi connectivity index (χ1v) is 15.1. The van der Waals surface area contributed by atoms with E-state index in [1.54, 1.807) is 38.2 Å². The van der Waals surface area contributed by atoms with Gasteiger partial charge in [-0.1, -0.05) is 23.2 Å². The first-order valence-electron chi connectivity index (χ1n) is 14.3. The highest BCUT2D eigenvalue weighted by Crippen LogP contribution is 2.43. The number of amides is 2. The van der Waals surface area contributed by atoms with Gasteiger partial charge < -0.3 is 38.2 Å². The SMILES string of the molecule is COc1cc2c(c(Cl)c1OC)CCN(C(=O)OC(C)(C)C)C2.COc1cc2c(c(Cl)c1OC)CN(C(=O)OC(C)(C)C)CC2. The van der Waals surface area contributed by atoms with Gasteiger partial charge >= 0.3 is 12.2 Å². The normalized spacial score (nSPS) is 14.4. The Bertz CT molecular complexity index is 1370. The molecule has 244 valence electrons. The topological polar surface area (TPSA) is 96.0 Å². The molecule has 2 aliphatic rings. The molecule has 0 saturated carbocycles. The number of ether oxygens (including phenoxy) is 6. The number of halogens is 2. The van der Waals surface area contributed by atoms with E-state index < -0.39 is 11.2 Å². The molecule has 2 aliphatic heterocycles. The van der Waals surface area contributed by atoms with E-state index in [1.165, 1.54) is 0 Å². The summed E-state index contributed by atoms with van der Waals surface area (Å²) in [6, 6.07) is 3.79. The number of hydrogen-bond acceptors (Lipinski definition) is 8. The maximum atomic E-state index is 12.2. The van der Waals surface area contributed by atoms with Gasteiger partial charge in [0.05, 0.1) is 45.0 Å². The molecular weight excluding hydrogens is 611 g/mol. The molecule has 0 bridgehead atoms. The quantitative estimate of drug-likeness (QED) is 0.339. The van der Waals surface area contributed by atoms with Crippen LogP contribution < -0.4 is 18.9 Å². The lowest BCUT2D eigenvalue weighted by molar-refractivity contribution is 0.0213. The lowest BCUT2D eigenvalue weighted by atomic mass is 9.99. The largest absolute Gasteiger partial charge is 0.493 e. The molecule has 2 aromatic rings. The van der Waals surface area contributed by atoms with Crippen LogP contribution in [0.2, 0.25) is 10.0 Å². The van der Waals surface area contributed by atoms with Gasteiger partial charge in [0.2, 0.25) is 0 Å². The predicted octanol–water partition coefficient (Wildman–Crippen LogP) is 7.30. The summed E-state index contributed by atoms with van der Waals surface area (Å²) in [5, 5.41) is 1.05. The number of fused-ring (bicyclic) bond motifs is 2. The van der Waals surface area contributed by atoms with Gasteiger partial charge in [0.25, 0.3) is 0 Å². The lowest BCUT2D eigenvalue weighted by Crippen LogP contribution is -2.40. The fourth-order valence-corrected chi connectivity index (χ4v) is 5.64. The van der Waals surface area contributed by atoms with Gasteiger partial charge in [-0.2, -0.15) is 0 Å². The van der Waals surface area contributed by atoms with Crippen LogP contribution in [0.15, 0.2) is 12.1 Å². The maximum Gasteiger partial charge on any atom is 0.410 e. The number of carbonyl (C=O) groups excluding carboxylic acids is 2. The third kappa shape index (κ3) is 8.47. The molecule has 0 unspecified atom stereocenters. The molecule has 0 N–H and O–H groups in total. The van der Waals surface area contributed by atoms with Crippen molar-refractivity contribution in [1.82, 2.24) is 9.80 Å². The Kier molecular flexibility index (Phi) is 11.4. The highest BCUT2D eigenvalue weighted by molar-refractivity contribution is 6.33. The van der Waals surface area contributed by atoms with Crippen LogP contribution in [0.5, 0.6) is 23.0 Å². The summed E-state index contributed by atoms with van der Waals surface area (Å²) >= 11 is 12.8. The van der Waals surface area contributed by atoms with Crippen molar-refractivity contribution in [3.8, 4) is 23.0 Å². The van der Waals surface area contributed by atoms with E-state index in [0.717, 1.165) is 22.3 Å². The number of rotatable bonds is 4. The second-order valence-electron chi connectivity index (χ2n) is 12.4. The van der Waals surface area contributed by atoms with Crippen molar-refractivity contribution in [3.63, 3.8) is 0 Å². The monoisotopic (exact) mass is 654 g/mol. The van der Waals surface area contributed by atoms with E-state index >= 15 is 0 Å². The van der Waals surface area contributed by atoms with Gasteiger partial charge in [0.1, 0.15) is 11.2 Å². The van der Waals surface area contributed by atoms with Crippen LogP contribution in [-0.2, 0) is 35.4 Å². The lowest BCUT2D eigenvalue weighted by Gasteiger charge is -2.32. The van der Waals surface area contributed by atoms with E-state index in [1.807, 2.05) is 53.7 Å². The standard InChI is InChI=1S/2C16H22ClNO4/c1-16(2,3)22-15(19)18-7-6-11-10(9-18)8-12(20-4)14(21-5)13(11)17;1-16(2,3)22-15(19)18-7-6-10-8-12(20-4)14(21-5)13(17)11(10)9-18/h2*8H,6-7,9H2,1-5H3. The van der Waals surface area contributed by atoms with Gasteiger partial charge in [-0.15, -0.1) is 0 Å². The Morgan fingerprint density at radius 1 is 0.636 bits per heavy atom. The molecular formula is C32H44Cl2N2O8. The van der Waals surface area contributed by atoms with E-state index in [0.29, 0.717) is 72.1 Å². The molecule has 2 amide bonds. The van der Waals surface area contributed by atoms with Gasteiger partial charge in [0.15, 0.2) is 23.0 Å². The maximum absolute atomic E-state index is 12.2. The minimum Gasteiger partial charge on any atom is -0.493 e. The summed E-state index contributed by atoms with van der Waals surface area (Å²) in [6.07, 6.45) is 0.718. The molecule has 4 rings (SSSR count). The minimum absolute atomic E-state index is 0.316. The van der Waals surface area contributed by atoms with Crippen LogP contribution >= 0.6 is 23.2 Å². The molecule has 0 fully saturated rings. The highest BCUT2D eigenvalue weighted by atomic mass is 35.5. The molecule has 0 saturated heterocycles. The van der Waals surface area contributed by atoms with E-state index in [2.05, 4.69) is 0 Å². The Morgan fingerprint density at radius 3 is 1.52 bits per heavy atom. The molecule has 44 heavy (non-hydrogen) atoms. The zero-order valence-electron chi connectivity index (χ0n) is 27.3. The van der Waals surface area contributed by atoms with Crippen molar-refractivity contribution < 1.29 is 38.0 Å². The van der Waals surface area contributed by atoms with Crippen LogP contribution in [0.1, 0.15) is 63.8 Å². The second-order valence-corrected chi connectivity index (χ2v) is 13.2. The fourth-order valence-electron chi connectivity index (χ4n) is 4.90. The number of methoxy groups -OCH3 is 4. The molecule has 10 nitrogen and oxygen atoms in total. The van der Waals surface area contributed by atoms with Gasteiger partial charge in [-0.05, 0) is 88.8 Å². The molecule has 0 aliphatic carbocycles. The Labute approximate surface area is 270 Å². The molecule has 0 spiro atoms. The summed E-state index contributed by atoms with van der Waals surface area (Å²) in [4.78, 5) is 27.8. The molecule has 0 atom stereocenters. The number of carbonyl (C=O) groups is 2. The van der Waals surface area contributed by atoms with Crippen LogP contribution in [0.3, 0.4) is 0 Å². The predicted molar refractivity (Wildman–Crippen MR) is 170 cm³/mol. The van der Waals surface area contributed by atoms with Crippen molar-refractivity contribution >= 4 is 35.4 Å². The van der Waals surface area contributed by atoms with Crippen LogP contribution in [0.25, 0.3) is 0 Å². The Hall–Kier alpha value is -3.24. The first-order chi connectivity index (χ1) is 20.5. The van der Waals surface area contributed by atoms with Crippen molar-refractivity contribution in [2.75, 3.05) is 41.5 Å². The average Bonchev–Trinajstić information content (AvgIpc) is 2.95. The van der Waals surface area contributed by atoms with Gasteiger partial charge in [-0.3, -0.25) is 0 Å². The fraction of sp³-hybridized carbons (Fsp3) is 0.562. The van der Waals surface area contributed by atoms with Gasteiger partial charge in [-0.25, -0.2) is 9.59 Å². The average molecular weight is 656 g/mol. The van der Waals surface area contributed by atoms with Crippen molar-refractivity contribution in [2.24, 2.45) is 0 Å². The smallest absolute Gasteiger partial charge is 0.410 e. The van der Waals surface area contributed by atoms with Gasteiger partial charge in [0, 0.05) is 19.6 Å². The van der Waals surface area contributed by atoms with Crippen LogP contribution in [0, 0.1) is 0 Å². The summed E-state index contributed by atoms with van der Waals surface area (Å²) in [6.45, 7) is 13.1. The van der Waals surface area contributed by atoms with Crippen LogP contribution in [-0.4, -0.2) is 74.7 Å². The molecule has 2 aromatic carbocycles. The summed E-state index contributed by atoms with van der Waals surface area (Å²) < 4.78 is 32.1. The number of benzene rings is 2. The minimum atomic E-state index is -0.515. The zero-order valence-corrected chi connectivity index (χ0v) is 28.8. The van der Waals surface area contributed by atoms with Crippen LogP contribution in [0.4, 0.5) is 9.59 Å². The highest BCUT2D eigenvalue weighted by Gasteiger charge is 2.30. The van der Waals surface area contributed by atoms with Crippen molar-refractivity contribution in [3.05, 3.63) is 44.4 Å². The first kappa shape index (κ1) is 35.2. The molecule has 0 aromatic heterocycles. The van der Waals surface area contributed by atoms with Crippen molar-refractivity contribution in [2.45, 2.75) is 78.7 Å². The van der Waals surface area contributed by atoms with E-state index in [-0.39, 0.29) is 12.2 Å². The third-order valence-corrected chi connectivity index (χ3v) is 7.71. The third-order valence-electron chi connectivity index (χ3n) is 6.91. The summed E-state index contributed by atoms with van der Waals surface area (Å²) in [7, 11) is 6.25. The van der Waals surface area contributed by atoms with Crippen molar-refractivity contribution in [1.29, 1.82) is 0 Å². The number of nitrogens with zero attached hydrogens (tertiary/aromatic N) is 2. The number of hydrogen-bond donors (Lipinski definition) is 0. The molecule has 0 radical (unpaired) electrons. The Morgan fingerprint density at radius 2 is 1.07 bits per heavy atom. The summed E-state index contributed by atoms with van der Waals surface area (Å²) in [5.74, 6) is 2.21. The second kappa shape index (κ2) is 14.2. The summed E-state index contributed by atoms with van der Waals surface area (Å²) in [5.41, 5.74) is 2.89. The zero-order chi connectivity index (χ0) is 33.0. The molecule has 2 heterocycles. The Balaban J connectivity index is 0.000000240.